The van der Waals surface area contributed by atoms with E-state index in [-0.39, 0.29) is 96.1 Å². The van der Waals surface area contributed by atoms with Gasteiger partial charge in [0.15, 0.2) is 0 Å². The molecule has 0 bridgehead atoms. The summed E-state index contributed by atoms with van der Waals surface area (Å²) in [6.45, 7) is 0. The Morgan fingerprint density at radius 1 is 0.281 bits per heavy atom. The molecule has 3 aromatic heterocycles. The normalized spacial score (nSPS) is 13.2. The predicted molar refractivity (Wildman–Crippen MR) is 305 cm³/mol. The molecular formula is C68H30F24N4. The van der Waals surface area contributed by atoms with Crippen LogP contribution in [-0.2, 0) is 49.4 Å². The summed E-state index contributed by atoms with van der Waals surface area (Å²) in [5, 5.41) is 10.0. The van der Waals surface area contributed by atoms with Gasteiger partial charge >= 0.3 is 49.4 Å². The van der Waals surface area contributed by atoms with Gasteiger partial charge in [-0.1, -0.05) is 66.7 Å². The van der Waals surface area contributed by atoms with Gasteiger partial charge in [0.25, 0.3) is 0 Å². The number of hydrogen-bond donors (Lipinski definition) is 0. The fraction of sp³-hybridized carbons (Fsp3) is 0.118. The van der Waals surface area contributed by atoms with E-state index in [9.17, 15) is 111 Å². The number of hydrogen-bond acceptors (Lipinski definition) is 2. The van der Waals surface area contributed by atoms with Crippen LogP contribution in [0.15, 0.2) is 182 Å². The van der Waals surface area contributed by atoms with E-state index < -0.39 is 138 Å². The van der Waals surface area contributed by atoms with Crippen molar-refractivity contribution in [1.29, 1.82) is 5.26 Å². The Balaban J connectivity index is 1.15. The van der Waals surface area contributed by atoms with Crippen molar-refractivity contribution in [3.8, 4) is 73.2 Å². The number of pyridine rings is 1. The summed E-state index contributed by atoms with van der Waals surface area (Å²) in [6, 6.07) is 25.2. The smallest absolute Gasteiger partial charge is 0.307 e. The van der Waals surface area contributed by atoms with Gasteiger partial charge in [-0.3, -0.25) is 4.57 Å². The molecule has 0 aliphatic carbocycles. The van der Waals surface area contributed by atoms with Crippen molar-refractivity contribution in [2.45, 2.75) is 49.4 Å². The van der Waals surface area contributed by atoms with Gasteiger partial charge in [0, 0.05) is 32.7 Å². The van der Waals surface area contributed by atoms with Gasteiger partial charge in [0.05, 0.1) is 90.1 Å². The second-order valence-corrected chi connectivity index (χ2v) is 21.8. The van der Waals surface area contributed by atoms with Crippen molar-refractivity contribution in [3.05, 3.63) is 232 Å². The summed E-state index contributed by atoms with van der Waals surface area (Å²) < 4.78 is 347. The summed E-state index contributed by atoms with van der Waals surface area (Å²) in [5.41, 5.74) is -19.2. The van der Waals surface area contributed by atoms with E-state index in [2.05, 4.69) is 0 Å². The van der Waals surface area contributed by atoms with Crippen molar-refractivity contribution < 1.29 is 105 Å². The third-order valence-corrected chi connectivity index (χ3v) is 16.1. The first-order valence-electron chi connectivity index (χ1n) is 27.4. The SMILES string of the molecule is N#Cc1ccccc1-c1cc(-n2c3ccc(-c4ccc(C(F)(F)F)cc4C(F)(F)F)cc3c3cc(-c4ccc(C(F)(F)F)cc4C(F)(F)F)ccc32)ncc1-n1c2ccc(-c3ccc(C(F)(F)F)cc3C(F)(F)F)cc2c2cc(-c3ccc(C(F)(F)F)cc3C(F)(F)F)ccc21. The van der Waals surface area contributed by atoms with Gasteiger partial charge in [0.1, 0.15) is 5.82 Å². The molecule has 0 aliphatic heterocycles. The Kier molecular flexibility index (Phi) is 15.3. The van der Waals surface area contributed by atoms with Crippen LogP contribution in [0, 0.1) is 11.3 Å². The lowest BCUT2D eigenvalue weighted by molar-refractivity contribution is -0.144. The van der Waals surface area contributed by atoms with E-state index >= 15 is 0 Å². The summed E-state index contributed by atoms with van der Waals surface area (Å²) in [4.78, 5) is 4.73. The van der Waals surface area contributed by atoms with E-state index in [1.807, 2.05) is 6.07 Å². The maximum Gasteiger partial charge on any atom is 0.417 e. The van der Waals surface area contributed by atoms with Gasteiger partial charge in [-0.25, -0.2) is 4.98 Å². The number of fused-ring (bicyclic) bond motifs is 6. The maximum atomic E-state index is 14.8. The lowest BCUT2D eigenvalue weighted by Gasteiger charge is -2.18. The average Bonchev–Trinajstić information content (AvgIpc) is 1.56. The van der Waals surface area contributed by atoms with Crippen LogP contribution in [0.2, 0.25) is 0 Å². The lowest BCUT2D eigenvalue weighted by Crippen LogP contribution is -2.12. The molecule has 4 nitrogen and oxygen atoms in total. The summed E-state index contributed by atoms with van der Waals surface area (Å²) >= 11 is 0. The molecule has 0 aliphatic rings. The van der Waals surface area contributed by atoms with Crippen molar-refractivity contribution in [2.24, 2.45) is 0 Å². The molecule has 12 aromatic rings. The molecule has 96 heavy (non-hydrogen) atoms. The molecule has 0 unspecified atom stereocenters. The minimum atomic E-state index is -5.45. The first-order chi connectivity index (χ1) is 44.6. The Labute approximate surface area is 521 Å². The van der Waals surface area contributed by atoms with Gasteiger partial charge in [0.2, 0.25) is 0 Å². The first-order valence-corrected chi connectivity index (χ1v) is 27.4. The van der Waals surface area contributed by atoms with E-state index in [0.29, 0.717) is 48.5 Å². The highest BCUT2D eigenvalue weighted by atomic mass is 19.4. The van der Waals surface area contributed by atoms with Gasteiger partial charge in [-0.05, 0) is 154 Å². The number of nitriles is 1. The summed E-state index contributed by atoms with van der Waals surface area (Å²) in [7, 11) is 0. The van der Waals surface area contributed by atoms with Crippen LogP contribution in [0.4, 0.5) is 105 Å². The van der Waals surface area contributed by atoms with Crippen LogP contribution >= 0.6 is 0 Å². The molecule has 0 saturated carbocycles. The quantitative estimate of drug-likeness (QED) is 0.149. The van der Waals surface area contributed by atoms with Crippen LogP contribution in [0.3, 0.4) is 0 Å². The molecule has 0 N–H and O–H groups in total. The average molecular weight is 1360 g/mol. The number of benzene rings is 9. The fourth-order valence-corrected chi connectivity index (χ4v) is 11.8. The fourth-order valence-electron chi connectivity index (χ4n) is 11.8. The predicted octanol–water partition coefficient (Wildman–Crippen LogP) is 23.6. The third kappa shape index (κ3) is 11.8. The molecule has 0 spiro atoms. The second-order valence-electron chi connectivity index (χ2n) is 21.8. The maximum absolute atomic E-state index is 14.8. The Morgan fingerprint density at radius 2 is 0.573 bits per heavy atom. The molecule has 9 aromatic carbocycles. The third-order valence-electron chi connectivity index (χ3n) is 16.1. The molecule has 0 fully saturated rings. The molecule has 28 heteroatoms. The van der Waals surface area contributed by atoms with Crippen molar-refractivity contribution in [2.75, 3.05) is 0 Å². The van der Waals surface area contributed by atoms with Gasteiger partial charge in [-0.2, -0.15) is 111 Å². The molecular weight excluding hydrogens is 1330 g/mol. The van der Waals surface area contributed by atoms with E-state index in [1.165, 1.54) is 63.7 Å². The zero-order valence-electron chi connectivity index (χ0n) is 47.2. The highest BCUT2D eigenvalue weighted by molar-refractivity contribution is 6.14. The van der Waals surface area contributed by atoms with Crippen molar-refractivity contribution in [1.82, 2.24) is 14.1 Å². The van der Waals surface area contributed by atoms with Gasteiger partial charge in [-0.15, -0.1) is 0 Å². The molecule has 490 valence electrons. The number of nitrogens with zero attached hydrogens (tertiary/aromatic N) is 4. The van der Waals surface area contributed by atoms with Crippen LogP contribution in [0.5, 0.6) is 0 Å². The minimum absolute atomic E-state index is 0.0318. The minimum Gasteiger partial charge on any atom is -0.307 e. The molecule has 0 radical (unpaired) electrons. The number of aromatic nitrogens is 3. The van der Waals surface area contributed by atoms with Crippen LogP contribution in [0.25, 0.3) is 111 Å². The zero-order chi connectivity index (χ0) is 69.5. The number of rotatable bonds is 7. The highest BCUT2D eigenvalue weighted by Gasteiger charge is 2.43. The van der Waals surface area contributed by atoms with Crippen molar-refractivity contribution >= 4 is 43.6 Å². The molecule has 12 rings (SSSR count). The summed E-state index contributed by atoms with van der Waals surface area (Å²) in [6.07, 6.45) is -41.8. The number of alkyl halides is 24. The van der Waals surface area contributed by atoms with Crippen molar-refractivity contribution in [3.63, 3.8) is 0 Å². The summed E-state index contributed by atoms with van der Waals surface area (Å²) in [5.74, 6) is -0.215. The molecule has 3 heterocycles. The van der Waals surface area contributed by atoms with Crippen LogP contribution < -0.4 is 0 Å². The monoisotopic (exact) mass is 1360 g/mol. The first kappa shape index (κ1) is 65.6. The Bertz CT molecular complexity index is 4930. The molecule has 0 amide bonds. The van der Waals surface area contributed by atoms with Gasteiger partial charge < -0.3 is 4.57 Å². The highest BCUT2D eigenvalue weighted by Crippen LogP contribution is 2.50. The number of halogens is 24. The molecule has 0 atom stereocenters. The molecule has 0 saturated heterocycles. The van der Waals surface area contributed by atoms with Crippen LogP contribution in [-0.4, -0.2) is 14.1 Å². The van der Waals surface area contributed by atoms with E-state index in [0.717, 1.165) is 54.7 Å². The largest absolute Gasteiger partial charge is 0.417 e. The lowest BCUT2D eigenvalue weighted by atomic mass is 9.94. The Hall–Kier alpha value is -10.5. The second kappa shape index (κ2) is 22.3. The van der Waals surface area contributed by atoms with Crippen LogP contribution in [0.1, 0.15) is 50.1 Å². The zero-order valence-corrected chi connectivity index (χ0v) is 47.2. The topological polar surface area (TPSA) is 46.5 Å². The standard InChI is InChI=1S/C68H30F24N4/c69-61(70,71)37-9-13-42(51(25-37)65(81,82)83)32-5-17-55-46(21-32)47-22-33(43-14-10-38(62(72,73)74)26-52(43)66(84,85)86)6-18-56(47)95(55)59-31-94-60(29-50(59)41-4-2-1-3-36(41)30-93)96-57-19-7-34(44-15-11-39(63(75,76)77)27-53(44)67(87,88)89)23-48(57)49-24-35(8-20-58(49)96)45-16-12-40(64(78,79)80)28-54(45)68(90,91)92/h1-29,31H. The Morgan fingerprint density at radius 3 is 0.854 bits per heavy atom. The van der Waals surface area contributed by atoms with E-state index in [4.69, 9.17) is 4.98 Å². The van der Waals surface area contributed by atoms with E-state index in [1.54, 1.807) is 0 Å².